The van der Waals surface area contributed by atoms with Crippen LogP contribution in [-0.2, 0) is 0 Å². The van der Waals surface area contributed by atoms with Crippen molar-refractivity contribution in [1.29, 1.82) is 0 Å². The lowest BCUT2D eigenvalue weighted by molar-refractivity contribution is 0.546. The zero-order valence-corrected chi connectivity index (χ0v) is 13.4. The molecule has 1 aromatic carbocycles. The second kappa shape index (κ2) is 6.64. The van der Waals surface area contributed by atoms with E-state index in [0.29, 0.717) is 5.56 Å². The molecule has 1 aromatic heterocycles. The molecule has 0 radical (unpaired) electrons. The number of aryl methyl sites for hydroxylation is 1. The maximum Gasteiger partial charge on any atom is 0.128 e. The third-order valence-electron chi connectivity index (χ3n) is 3.05. The Labute approximate surface area is 126 Å². The van der Waals surface area contributed by atoms with Gasteiger partial charge in [-0.15, -0.1) is 11.3 Å². The molecule has 0 bridgehead atoms. The molecule has 0 saturated heterocycles. The molecule has 2 rings (SSSR count). The van der Waals surface area contributed by atoms with E-state index in [2.05, 4.69) is 41.2 Å². The summed E-state index contributed by atoms with van der Waals surface area (Å²) in [6.07, 6.45) is 1.02. The Bertz CT molecular complexity index is 553. The molecule has 1 heterocycles. The first kappa shape index (κ1) is 14.7. The number of nitrogens with one attached hydrogen (secondary N) is 1. The highest BCUT2D eigenvalue weighted by atomic mass is 79.9. The Morgan fingerprint density at radius 3 is 2.63 bits per heavy atom. The van der Waals surface area contributed by atoms with E-state index in [1.807, 2.05) is 12.1 Å². The zero-order valence-electron chi connectivity index (χ0n) is 11.0. The molecule has 0 aliphatic heterocycles. The predicted molar refractivity (Wildman–Crippen MR) is 83.3 cm³/mol. The fourth-order valence-electron chi connectivity index (χ4n) is 2.13. The highest BCUT2D eigenvalue weighted by molar-refractivity contribution is 9.11. The van der Waals surface area contributed by atoms with Crippen molar-refractivity contribution in [2.45, 2.75) is 26.3 Å². The lowest BCUT2D eigenvalue weighted by Gasteiger charge is -2.19. The van der Waals surface area contributed by atoms with Gasteiger partial charge in [0.1, 0.15) is 5.82 Å². The van der Waals surface area contributed by atoms with Crippen molar-refractivity contribution in [2.24, 2.45) is 0 Å². The molecular formula is C15H17BrFNS. The van der Waals surface area contributed by atoms with Gasteiger partial charge >= 0.3 is 0 Å². The summed E-state index contributed by atoms with van der Waals surface area (Å²) in [5.74, 6) is -0.155. The summed E-state index contributed by atoms with van der Waals surface area (Å²) >= 11 is 5.19. The first-order valence-electron chi connectivity index (χ1n) is 6.37. The quantitative estimate of drug-likeness (QED) is 0.802. The molecule has 0 spiro atoms. The minimum atomic E-state index is -0.155. The lowest BCUT2D eigenvalue weighted by atomic mass is 9.99. The minimum Gasteiger partial charge on any atom is -0.306 e. The van der Waals surface area contributed by atoms with Gasteiger partial charge in [0.05, 0.1) is 9.83 Å². The lowest BCUT2D eigenvalue weighted by Crippen LogP contribution is -2.24. The fraction of sp³-hybridized carbons (Fsp3) is 0.333. The van der Waals surface area contributed by atoms with Gasteiger partial charge in [0.15, 0.2) is 0 Å². The van der Waals surface area contributed by atoms with Crippen molar-refractivity contribution in [3.8, 4) is 0 Å². The summed E-state index contributed by atoms with van der Waals surface area (Å²) in [6.45, 7) is 5.06. The van der Waals surface area contributed by atoms with Crippen LogP contribution in [0.2, 0.25) is 0 Å². The van der Waals surface area contributed by atoms with Gasteiger partial charge in [-0.1, -0.05) is 25.1 Å². The molecule has 19 heavy (non-hydrogen) atoms. The number of thiophene rings is 1. The Kier molecular flexibility index (Phi) is 5.13. The summed E-state index contributed by atoms with van der Waals surface area (Å²) < 4.78 is 15.1. The molecule has 0 aliphatic rings. The van der Waals surface area contributed by atoms with Gasteiger partial charge in [-0.3, -0.25) is 0 Å². The van der Waals surface area contributed by atoms with E-state index in [-0.39, 0.29) is 11.9 Å². The Balaban J connectivity index is 2.41. The third kappa shape index (κ3) is 3.44. The average Bonchev–Trinajstić information content (AvgIpc) is 2.71. The molecule has 4 heteroatoms. The molecule has 0 aliphatic carbocycles. The second-order valence-corrected chi connectivity index (χ2v) is 7.11. The zero-order chi connectivity index (χ0) is 13.8. The van der Waals surface area contributed by atoms with Gasteiger partial charge < -0.3 is 5.32 Å². The second-order valence-electron chi connectivity index (χ2n) is 4.47. The van der Waals surface area contributed by atoms with Gasteiger partial charge in [0.25, 0.3) is 0 Å². The van der Waals surface area contributed by atoms with Crippen LogP contribution in [0, 0.1) is 12.7 Å². The predicted octanol–water partition coefficient (Wildman–Crippen LogP) is 5.05. The Hall–Kier alpha value is -0.710. The molecule has 0 amide bonds. The standard InChI is InChI=1S/C15H17BrFNS/c1-3-8-18-15(11-6-4-5-7-13(11)17)12-9-14(16)19-10(12)2/h4-7,9,15,18H,3,8H2,1-2H3. The molecule has 2 aromatic rings. The fourth-order valence-corrected chi connectivity index (χ4v) is 3.88. The van der Waals surface area contributed by atoms with Crippen LogP contribution in [0.3, 0.4) is 0 Å². The highest BCUT2D eigenvalue weighted by Gasteiger charge is 2.20. The van der Waals surface area contributed by atoms with Crippen molar-refractivity contribution in [3.05, 3.63) is 55.9 Å². The monoisotopic (exact) mass is 341 g/mol. The van der Waals surface area contributed by atoms with Crippen LogP contribution < -0.4 is 5.32 Å². The summed E-state index contributed by atoms with van der Waals surface area (Å²) in [7, 11) is 0. The molecule has 0 saturated carbocycles. The highest BCUT2D eigenvalue weighted by Crippen LogP contribution is 2.34. The van der Waals surface area contributed by atoms with E-state index in [1.165, 1.54) is 10.9 Å². The van der Waals surface area contributed by atoms with Crippen molar-refractivity contribution < 1.29 is 4.39 Å². The number of rotatable bonds is 5. The van der Waals surface area contributed by atoms with Crippen LogP contribution in [0.1, 0.15) is 35.4 Å². The van der Waals surface area contributed by atoms with Crippen LogP contribution in [0.15, 0.2) is 34.1 Å². The van der Waals surface area contributed by atoms with E-state index >= 15 is 0 Å². The molecule has 102 valence electrons. The van der Waals surface area contributed by atoms with Crippen molar-refractivity contribution in [3.63, 3.8) is 0 Å². The Morgan fingerprint density at radius 1 is 1.32 bits per heavy atom. The van der Waals surface area contributed by atoms with Gasteiger partial charge in [-0.05, 0) is 53.5 Å². The third-order valence-corrected chi connectivity index (χ3v) is 4.62. The largest absolute Gasteiger partial charge is 0.306 e. The van der Waals surface area contributed by atoms with E-state index in [1.54, 1.807) is 17.4 Å². The number of hydrogen-bond acceptors (Lipinski definition) is 2. The number of benzene rings is 1. The van der Waals surface area contributed by atoms with Crippen molar-refractivity contribution >= 4 is 27.3 Å². The summed E-state index contributed by atoms with van der Waals surface area (Å²) in [5.41, 5.74) is 1.86. The number of halogens is 2. The van der Waals surface area contributed by atoms with Crippen LogP contribution in [0.4, 0.5) is 4.39 Å². The van der Waals surface area contributed by atoms with Gasteiger partial charge in [-0.25, -0.2) is 4.39 Å². The average molecular weight is 342 g/mol. The number of hydrogen-bond donors (Lipinski definition) is 1. The molecule has 1 N–H and O–H groups in total. The van der Waals surface area contributed by atoms with E-state index in [0.717, 1.165) is 22.3 Å². The van der Waals surface area contributed by atoms with E-state index in [4.69, 9.17) is 0 Å². The Morgan fingerprint density at radius 2 is 2.05 bits per heavy atom. The summed E-state index contributed by atoms with van der Waals surface area (Å²) in [4.78, 5) is 1.21. The maximum atomic E-state index is 14.0. The first-order valence-corrected chi connectivity index (χ1v) is 7.98. The minimum absolute atomic E-state index is 0.0799. The van der Waals surface area contributed by atoms with Crippen molar-refractivity contribution in [2.75, 3.05) is 6.54 Å². The van der Waals surface area contributed by atoms with Crippen LogP contribution in [0.25, 0.3) is 0 Å². The molecule has 0 fully saturated rings. The van der Waals surface area contributed by atoms with E-state index < -0.39 is 0 Å². The molecule has 1 atom stereocenters. The maximum absolute atomic E-state index is 14.0. The smallest absolute Gasteiger partial charge is 0.128 e. The van der Waals surface area contributed by atoms with E-state index in [9.17, 15) is 4.39 Å². The summed E-state index contributed by atoms with van der Waals surface area (Å²) in [6, 6.07) is 8.99. The molecule has 1 nitrogen and oxygen atoms in total. The van der Waals surface area contributed by atoms with Gasteiger partial charge in [-0.2, -0.15) is 0 Å². The SMILES string of the molecule is CCCNC(c1ccccc1F)c1cc(Br)sc1C. The van der Waals surface area contributed by atoms with Crippen LogP contribution >= 0.6 is 27.3 Å². The van der Waals surface area contributed by atoms with Gasteiger partial charge in [0.2, 0.25) is 0 Å². The molecule has 1 unspecified atom stereocenters. The molecular weight excluding hydrogens is 325 g/mol. The van der Waals surface area contributed by atoms with Crippen LogP contribution in [-0.4, -0.2) is 6.54 Å². The van der Waals surface area contributed by atoms with Gasteiger partial charge in [0, 0.05) is 10.4 Å². The topological polar surface area (TPSA) is 12.0 Å². The first-order chi connectivity index (χ1) is 9.13. The normalized spacial score (nSPS) is 12.6. The van der Waals surface area contributed by atoms with Crippen LogP contribution in [0.5, 0.6) is 0 Å². The summed E-state index contributed by atoms with van der Waals surface area (Å²) in [5, 5.41) is 3.44. The van der Waals surface area contributed by atoms with Crippen molar-refractivity contribution in [1.82, 2.24) is 5.32 Å².